The highest BCUT2D eigenvalue weighted by atomic mass is 32.2. The van der Waals surface area contributed by atoms with Gasteiger partial charge in [-0.3, -0.25) is 32.7 Å². The smallest absolute Gasteiger partial charge is 0.422 e. The first-order chi connectivity index (χ1) is 31.1. The topological polar surface area (TPSA) is 308 Å². The number of hydrogen-bond acceptors (Lipinski definition) is 16. The van der Waals surface area contributed by atoms with E-state index >= 15 is 0 Å². The van der Waals surface area contributed by atoms with Crippen LogP contribution < -0.4 is 37.0 Å². The van der Waals surface area contributed by atoms with E-state index < -0.39 is 53.7 Å². The van der Waals surface area contributed by atoms with Crippen LogP contribution in [0.5, 0.6) is 0 Å². The summed E-state index contributed by atoms with van der Waals surface area (Å²) in [7, 11) is -8.39. The third-order valence-electron chi connectivity index (χ3n) is 11.3. The van der Waals surface area contributed by atoms with Gasteiger partial charge in [0.1, 0.15) is 30.4 Å². The van der Waals surface area contributed by atoms with Crippen LogP contribution in [0.15, 0.2) is 62.8 Å². The summed E-state index contributed by atoms with van der Waals surface area (Å²) in [5.41, 5.74) is 7.25. The summed E-state index contributed by atoms with van der Waals surface area (Å²) >= 11 is 0. The Bertz CT molecular complexity index is 2750. The summed E-state index contributed by atoms with van der Waals surface area (Å²) in [5.74, 6) is -0.306. The average molecular weight is 945 g/mol. The van der Waals surface area contributed by atoms with Gasteiger partial charge in [0.25, 0.3) is 15.7 Å². The van der Waals surface area contributed by atoms with Crippen LogP contribution >= 0.6 is 7.82 Å². The number of aliphatic hydroxyl groups excluding tert-OH is 1. The molecule has 1 amide bonds. The first kappa shape index (κ1) is 47.7. The van der Waals surface area contributed by atoms with Crippen LogP contribution in [0.1, 0.15) is 70.9 Å². The van der Waals surface area contributed by atoms with Gasteiger partial charge in [0, 0.05) is 73.9 Å². The molecule has 4 aromatic heterocycles. The van der Waals surface area contributed by atoms with Gasteiger partial charge in [-0.15, -0.1) is 0 Å². The van der Waals surface area contributed by atoms with Gasteiger partial charge in [0.05, 0.1) is 17.9 Å². The lowest BCUT2D eigenvalue weighted by molar-refractivity contribution is -0.696. The number of hydrogen-bond donors (Lipinski definition) is 7. The number of aromatic nitrogens is 5. The van der Waals surface area contributed by atoms with E-state index in [1.165, 1.54) is 4.57 Å². The minimum atomic E-state index is -4.37. The molecule has 2 fully saturated rings. The Labute approximate surface area is 373 Å². The molecule has 0 saturated carbocycles. The van der Waals surface area contributed by atoms with Crippen molar-refractivity contribution < 1.29 is 55.1 Å². The van der Waals surface area contributed by atoms with Crippen molar-refractivity contribution in [2.24, 2.45) is 0 Å². The minimum Gasteiger partial charge on any atom is -0.422 e. The fraction of sp³-hybridized carbons (Fsp3) is 0.512. The maximum absolute atomic E-state index is 13.0. The second kappa shape index (κ2) is 20.9. The zero-order valence-electron chi connectivity index (χ0n) is 35.8. The number of benzene rings is 1. The van der Waals surface area contributed by atoms with Crippen molar-refractivity contribution >= 4 is 63.6 Å². The quantitative estimate of drug-likeness (QED) is 0.0172. The number of carbonyl (C=O) groups is 1. The SMILES string of the molecule is CCN(CCCCCC(=O)NCCCCCCNc1nc2c(=O)[nH]c(N)nc2n1[C@@H]1O[C@@H]2COP(=O)(O)O[C@H]2[C@H]1O)c1ccc2cc(-c3cc[n+](CCCS(=O)(=O)O)cc3)c(=O)oc2c1. The van der Waals surface area contributed by atoms with E-state index in [4.69, 9.17) is 28.5 Å². The maximum atomic E-state index is 13.0. The number of nitrogens with one attached hydrogen (secondary N) is 3. The molecule has 8 N–H and O–H groups in total. The van der Waals surface area contributed by atoms with E-state index in [2.05, 4.69) is 37.4 Å². The Kier molecular flexibility index (Phi) is 15.4. The van der Waals surface area contributed by atoms with Gasteiger partial charge in [-0.25, -0.2) is 18.9 Å². The van der Waals surface area contributed by atoms with E-state index in [9.17, 15) is 37.4 Å². The number of aromatic amines is 1. The van der Waals surface area contributed by atoms with Gasteiger partial charge < -0.3 is 40.4 Å². The maximum Gasteiger partial charge on any atom is 0.472 e. The van der Waals surface area contributed by atoms with Gasteiger partial charge >= 0.3 is 13.4 Å². The molecule has 2 aliphatic rings. The molecule has 22 nitrogen and oxygen atoms in total. The van der Waals surface area contributed by atoms with Gasteiger partial charge in [-0.1, -0.05) is 19.3 Å². The molecule has 0 radical (unpaired) electrons. The van der Waals surface area contributed by atoms with E-state index in [0.29, 0.717) is 42.8 Å². The molecule has 24 heteroatoms. The largest absolute Gasteiger partial charge is 0.472 e. The molecule has 352 valence electrons. The lowest BCUT2D eigenvalue weighted by Crippen LogP contribution is -2.39. The number of phosphoric ester groups is 1. The molecule has 7 rings (SSSR count). The summed E-state index contributed by atoms with van der Waals surface area (Å²) in [6.07, 6.45) is 5.26. The number of H-pyrrole nitrogens is 1. The molecule has 0 spiro atoms. The number of ether oxygens (including phenoxy) is 1. The number of anilines is 3. The van der Waals surface area contributed by atoms with Crippen molar-refractivity contribution in [3.63, 3.8) is 0 Å². The van der Waals surface area contributed by atoms with Crippen LogP contribution in [0.4, 0.5) is 17.6 Å². The van der Waals surface area contributed by atoms with Gasteiger partial charge in [0.15, 0.2) is 29.8 Å². The summed E-state index contributed by atoms with van der Waals surface area (Å²) in [4.78, 5) is 61.2. The van der Waals surface area contributed by atoms with Crippen molar-refractivity contribution in [3.8, 4) is 11.1 Å². The zero-order chi connectivity index (χ0) is 46.3. The number of nitrogen functional groups attached to an aromatic ring is 1. The van der Waals surface area contributed by atoms with Gasteiger partial charge in [0.2, 0.25) is 17.8 Å². The number of amides is 1. The normalized spacial score (nSPS) is 20.9. The van der Waals surface area contributed by atoms with E-state index in [0.717, 1.165) is 69.1 Å². The summed E-state index contributed by atoms with van der Waals surface area (Å²) in [6.45, 7) is 4.69. The predicted octanol–water partition coefficient (Wildman–Crippen LogP) is 2.99. The second-order valence-electron chi connectivity index (χ2n) is 16.0. The van der Waals surface area contributed by atoms with Crippen molar-refractivity contribution in [1.82, 2.24) is 24.8 Å². The number of nitrogens with zero attached hydrogens (tertiary/aromatic N) is 5. The van der Waals surface area contributed by atoms with Crippen LogP contribution in [-0.2, 0) is 39.8 Å². The molecule has 2 saturated heterocycles. The number of carbonyl (C=O) groups excluding carboxylic acids is 1. The lowest BCUT2D eigenvalue weighted by Gasteiger charge is -2.27. The molecule has 65 heavy (non-hydrogen) atoms. The van der Waals surface area contributed by atoms with Crippen molar-refractivity contribution in [1.29, 1.82) is 0 Å². The molecule has 2 aliphatic heterocycles. The Morgan fingerprint density at radius 1 is 1.05 bits per heavy atom. The van der Waals surface area contributed by atoms with Crippen LogP contribution in [0, 0.1) is 0 Å². The number of phosphoric acid groups is 1. The first-order valence-corrected chi connectivity index (χ1v) is 24.7. The fourth-order valence-corrected chi connectivity index (χ4v) is 9.44. The number of fused-ring (bicyclic) bond motifs is 3. The predicted molar refractivity (Wildman–Crippen MR) is 239 cm³/mol. The average Bonchev–Trinajstić information content (AvgIpc) is 3.77. The van der Waals surface area contributed by atoms with E-state index in [1.807, 2.05) is 18.2 Å². The molecule has 1 aromatic carbocycles. The van der Waals surface area contributed by atoms with E-state index in [1.54, 1.807) is 35.2 Å². The van der Waals surface area contributed by atoms with Gasteiger partial charge in [-0.05, 0) is 50.8 Å². The number of pyridine rings is 1. The molecule has 1 unspecified atom stereocenters. The Balaban J connectivity index is 0.795. The summed E-state index contributed by atoms with van der Waals surface area (Å²) in [5, 5.41) is 18.0. The van der Waals surface area contributed by atoms with Crippen LogP contribution in [0.25, 0.3) is 33.3 Å². The molecular formula is C41H55N9O13PS+. The third kappa shape index (κ3) is 12.2. The molecular weight excluding hydrogens is 890 g/mol. The molecule has 6 heterocycles. The molecule has 0 aliphatic carbocycles. The Morgan fingerprint density at radius 3 is 2.55 bits per heavy atom. The first-order valence-electron chi connectivity index (χ1n) is 21.6. The zero-order valence-corrected chi connectivity index (χ0v) is 37.5. The number of aliphatic hydroxyl groups is 1. The molecule has 5 aromatic rings. The van der Waals surface area contributed by atoms with Crippen LogP contribution in [0.3, 0.4) is 0 Å². The Hall–Kier alpha value is -5.26. The molecule has 5 atom stereocenters. The summed E-state index contributed by atoms with van der Waals surface area (Å²) in [6, 6.07) is 11.1. The fourth-order valence-electron chi connectivity index (χ4n) is 7.98. The second-order valence-corrected chi connectivity index (χ2v) is 19.0. The molecule has 0 bridgehead atoms. The highest BCUT2D eigenvalue weighted by Gasteiger charge is 2.53. The monoisotopic (exact) mass is 944 g/mol. The number of nitrogens with two attached hydrogens (primary N) is 1. The van der Waals surface area contributed by atoms with Crippen LogP contribution in [0.2, 0.25) is 0 Å². The number of rotatable bonds is 22. The van der Waals surface area contributed by atoms with Crippen molar-refractivity contribution in [2.45, 2.75) is 95.8 Å². The highest BCUT2D eigenvalue weighted by Crippen LogP contribution is 2.53. The Morgan fingerprint density at radius 2 is 1.80 bits per heavy atom. The highest BCUT2D eigenvalue weighted by molar-refractivity contribution is 7.85. The van der Waals surface area contributed by atoms with Crippen molar-refractivity contribution in [2.75, 3.05) is 54.5 Å². The lowest BCUT2D eigenvalue weighted by atomic mass is 10.1. The number of imidazole rings is 1. The number of aryl methyl sites for hydroxylation is 1. The third-order valence-corrected chi connectivity index (χ3v) is 13.1. The van der Waals surface area contributed by atoms with Crippen LogP contribution in [-0.4, -0.2) is 105 Å². The standard InChI is InChI=1S/C41H54N9O13PS/c1-2-49(28-13-12-27-23-29(39(54)62-30(27)24-28)26-14-20-48(21-15-26)18-10-22-65(57,58)59)19-9-5-6-11-32(51)43-16-7-3-4-8-17-44-41-45-33-36(46-40(42)47-37(33)53)50(41)38-34(52)35-31(61-38)25-60-64(55,56)63-35/h12-15,20-21,23-24,31,34-35,38,52H,2-11,16-19,22,25H2,1H3,(H6-,42,43,44,45,46,47,51,53,55,56,57,58,59)/p+1/t31-,34-,35-,38-/m1/s1. The van der Waals surface area contributed by atoms with Crippen molar-refractivity contribution in [3.05, 3.63) is 69.6 Å². The minimum absolute atomic E-state index is 0.00591. The van der Waals surface area contributed by atoms with Gasteiger partial charge in [-0.2, -0.15) is 13.4 Å². The summed E-state index contributed by atoms with van der Waals surface area (Å²) < 4.78 is 67.7. The number of unbranched alkanes of at least 4 members (excludes halogenated alkanes) is 5. The van der Waals surface area contributed by atoms with E-state index in [-0.39, 0.29) is 47.7 Å².